The summed E-state index contributed by atoms with van der Waals surface area (Å²) in [7, 11) is 0. The van der Waals surface area contributed by atoms with Crippen molar-refractivity contribution < 1.29 is 0 Å². The zero-order valence-electron chi connectivity index (χ0n) is 7.24. The highest BCUT2D eigenvalue weighted by molar-refractivity contribution is 7.80. The minimum absolute atomic E-state index is 0.675. The van der Waals surface area contributed by atoms with E-state index < -0.39 is 0 Å². The molecule has 0 unspecified atom stereocenters. The van der Waals surface area contributed by atoms with Gasteiger partial charge in [0.1, 0.15) is 11.3 Å². The third kappa shape index (κ3) is 1.79. The summed E-state index contributed by atoms with van der Waals surface area (Å²) in [5.41, 5.74) is 0. The number of aromatic nitrogens is 3. The second-order valence-corrected chi connectivity index (χ2v) is 2.70. The SMILES string of the molecule is CCN(CC)C(=S)c1ncn[nH]1. The first-order valence-corrected chi connectivity index (χ1v) is 4.35. The van der Waals surface area contributed by atoms with Gasteiger partial charge < -0.3 is 4.90 Å². The van der Waals surface area contributed by atoms with E-state index in [-0.39, 0.29) is 0 Å². The van der Waals surface area contributed by atoms with Crippen LogP contribution in [-0.4, -0.2) is 38.2 Å². The van der Waals surface area contributed by atoms with Crippen LogP contribution < -0.4 is 0 Å². The quantitative estimate of drug-likeness (QED) is 0.706. The van der Waals surface area contributed by atoms with Crippen molar-refractivity contribution in [2.45, 2.75) is 13.8 Å². The summed E-state index contributed by atoms with van der Waals surface area (Å²) in [4.78, 5) is 6.77. The summed E-state index contributed by atoms with van der Waals surface area (Å²) in [5, 5.41) is 6.49. The zero-order chi connectivity index (χ0) is 8.97. The largest absolute Gasteiger partial charge is 0.360 e. The number of hydrogen-bond donors (Lipinski definition) is 1. The molecule has 0 spiro atoms. The van der Waals surface area contributed by atoms with Crippen LogP contribution in [0.5, 0.6) is 0 Å². The van der Waals surface area contributed by atoms with Crippen LogP contribution in [0.2, 0.25) is 0 Å². The summed E-state index contributed by atoms with van der Waals surface area (Å²) in [5.74, 6) is 0.675. The molecule has 5 heteroatoms. The standard InChI is InChI=1S/C7H12N4S/c1-3-11(4-2)7(12)6-8-5-9-10-6/h5H,3-4H2,1-2H3,(H,8,9,10). The number of nitrogens with one attached hydrogen (secondary N) is 1. The van der Waals surface area contributed by atoms with E-state index in [4.69, 9.17) is 12.2 Å². The number of H-pyrrole nitrogens is 1. The molecule has 1 heterocycles. The molecule has 0 aromatic carbocycles. The second kappa shape index (κ2) is 4.15. The van der Waals surface area contributed by atoms with Crippen molar-refractivity contribution >= 4 is 17.2 Å². The van der Waals surface area contributed by atoms with Gasteiger partial charge in [-0.3, -0.25) is 5.10 Å². The average molecular weight is 184 g/mol. The van der Waals surface area contributed by atoms with E-state index in [1.165, 1.54) is 6.33 Å². The average Bonchev–Trinajstić information content (AvgIpc) is 2.58. The Morgan fingerprint density at radius 1 is 1.58 bits per heavy atom. The lowest BCUT2D eigenvalue weighted by Crippen LogP contribution is -2.30. The van der Waals surface area contributed by atoms with Crippen LogP contribution in [0.15, 0.2) is 6.33 Å². The molecule has 12 heavy (non-hydrogen) atoms. The molecule has 4 nitrogen and oxygen atoms in total. The van der Waals surface area contributed by atoms with E-state index in [0.29, 0.717) is 5.82 Å². The van der Waals surface area contributed by atoms with Crippen molar-refractivity contribution in [1.82, 2.24) is 20.1 Å². The molecule has 0 saturated carbocycles. The van der Waals surface area contributed by atoms with Gasteiger partial charge in [0, 0.05) is 13.1 Å². The lowest BCUT2D eigenvalue weighted by atomic mass is 10.4. The highest BCUT2D eigenvalue weighted by Gasteiger charge is 2.09. The predicted molar refractivity (Wildman–Crippen MR) is 51.0 cm³/mol. The fraction of sp³-hybridized carbons (Fsp3) is 0.571. The maximum absolute atomic E-state index is 5.19. The third-order valence-electron chi connectivity index (χ3n) is 1.67. The molecule has 0 amide bonds. The Bertz CT molecular complexity index is 240. The molecule has 1 aromatic rings. The number of aromatic amines is 1. The van der Waals surface area contributed by atoms with E-state index in [2.05, 4.69) is 33.9 Å². The first-order valence-electron chi connectivity index (χ1n) is 3.94. The molecule has 0 radical (unpaired) electrons. The molecule has 0 fully saturated rings. The maximum atomic E-state index is 5.19. The Kier molecular flexibility index (Phi) is 3.16. The molecule has 1 rings (SSSR count). The fourth-order valence-electron chi connectivity index (χ4n) is 0.969. The van der Waals surface area contributed by atoms with Gasteiger partial charge >= 0.3 is 0 Å². The zero-order valence-corrected chi connectivity index (χ0v) is 8.06. The lowest BCUT2D eigenvalue weighted by molar-refractivity contribution is 0.472. The van der Waals surface area contributed by atoms with Gasteiger partial charge in [-0.15, -0.1) is 0 Å². The minimum Gasteiger partial charge on any atom is -0.360 e. The molecular weight excluding hydrogens is 172 g/mol. The smallest absolute Gasteiger partial charge is 0.183 e. The number of nitrogens with zero attached hydrogens (tertiary/aromatic N) is 3. The van der Waals surface area contributed by atoms with Crippen molar-refractivity contribution in [1.29, 1.82) is 0 Å². The Morgan fingerprint density at radius 3 is 2.67 bits per heavy atom. The molecular formula is C7H12N4S. The van der Waals surface area contributed by atoms with Crippen LogP contribution in [0.4, 0.5) is 0 Å². The summed E-state index contributed by atoms with van der Waals surface area (Å²) in [6.07, 6.45) is 1.46. The van der Waals surface area contributed by atoms with E-state index in [1.54, 1.807) is 0 Å². The van der Waals surface area contributed by atoms with Gasteiger partial charge in [0.05, 0.1) is 0 Å². The van der Waals surface area contributed by atoms with Gasteiger partial charge in [-0.05, 0) is 13.8 Å². The third-order valence-corrected chi connectivity index (χ3v) is 2.12. The number of hydrogen-bond acceptors (Lipinski definition) is 3. The molecule has 0 bridgehead atoms. The highest BCUT2D eigenvalue weighted by Crippen LogP contribution is 1.98. The van der Waals surface area contributed by atoms with Gasteiger partial charge in [0.25, 0.3) is 0 Å². The normalized spacial score (nSPS) is 9.83. The second-order valence-electron chi connectivity index (χ2n) is 2.31. The Balaban J connectivity index is 2.70. The van der Waals surface area contributed by atoms with Gasteiger partial charge in [-0.1, -0.05) is 12.2 Å². The van der Waals surface area contributed by atoms with Gasteiger partial charge in [-0.25, -0.2) is 4.98 Å². The minimum atomic E-state index is 0.675. The summed E-state index contributed by atoms with van der Waals surface area (Å²) in [6, 6.07) is 0. The topological polar surface area (TPSA) is 44.8 Å². The van der Waals surface area contributed by atoms with Crippen LogP contribution in [0.3, 0.4) is 0 Å². The molecule has 1 N–H and O–H groups in total. The predicted octanol–water partition coefficient (Wildman–Crippen LogP) is 0.822. The van der Waals surface area contributed by atoms with Crippen molar-refractivity contribution in [3.8, 4) is 0 Å². The van der Waals surface area contributed by atoms with Crippen molar-refractivity contribution in [2.75, 3.05) is 13.1 Å². The van der Waals surface area contributed by atoms with Gasteiger partial charge in [-0.2, -0.15) is 5.10 Å². The van der Waals surface area contributed by atoms with Gasteiger partial charge in [0.15, 0.2) is 5.82 Å². The van der Waals surface area contributed by atoms with Crippen molar-refractivity contribution in [3.05, 3.63) is 12.2 Å². The summed E-state index contributed by atoms with van der Waals surface area (Å²) in [6.45, 7) is 5.92. The first kappa shape index (κ1) is 9.12. The fourth-order valence-corrected chi connectivity index (χ4v) is 1.33. The van der Waals surface area contributed by atoms with Crippen LogP contribution >= 0.6 is 12.2 Å². The Labute approximate surface area is 77.0 Å². The molecule has 0 aliphatic heterocycles. The Hall–Kier alpha value is -0.970. The van der Waals surface area contributed by atoms with Crippen LogP contribution in [-0.2, 0) is 0 Å². The molecule has 0 atom stereocenters. The van der Waals surface area contributed by atoms with E-state index in [0.717, 1.165) is 18.1 Å². The summed E-state index contributed by atoms with van der Waals surface area (Å²) < 4.78 is 0. The van der Waals surface area contributed by atoms with E-state index in [9.17, 15) is 0 Å². The summed E-state index contributed by atoms with van der Waals surface area (Å²) >= 11 is 5.19. The van der Waals surface area contributed by atoms with Gasteiger partial charge in [0.2, 0.25) is 0 Å². The van der Waals surface area contributed by atoms with Crippen molar-refractivity contribution in [3.63, 3.8) is 0 Å². The molecule has 0 saturated heterocycles. The van der Waals surface area contributed by atoms with E-state index >= 15 is 0 Å². The molecule has 66 valence electrons. The number of rotatable bonds is 3. The van der Waals surface area contributed by atoms with Crippen LogP contribution in [0.25, 0.3) is 0 Å². The monoisotopic (exact) mass is 184 g/mol. The lowest BCUT2D eigenvalue weighted by Gasteiger charge is -2.19. The molecule has 0 aliphatic rings. The molecule has 1 aromatic heterocycles. The maximum Gasteiger partial charge on any atom is 0.183 e. The number of thiocarbonyl (C=S) groups is 1. The molecule has 0 aliphatic carbocycles. The Morgan fingerprint density at radius 2 is 2.25 bits per heavy atom. The van der Waals surface area contributed by atoms with E-state index in [1.807, 2.05) is 0 Å². The highest BCUT2D eigenvalue weighted by atomic mass is 32.1. The van der Waals surface area contributed by atoms with Crippen LogP contribution in [0, 0.1) is 0 Å². The first-order chi connectivity index (χ1) is 5.79. The van der Waals surface area contributed by atoms with Crippen LogP contribution in [0.1, 0.15) is 19.7 Å². The van der Waals surface area contributed by atoms with Crippen molar-refractivity contribution in [2.24, 2.45) is 0 Å².